The fourth-order valence-electron chi connectivity index (χ4n) is 2.76. The van der Waals surface area contributed by atoms with E-state index in [4.69, 9.17) is 5.10 Å². The Labute approximate surface area is 145 Å². The average molecular weight is 346 g/mol. The smallest absolute Gasteiger partial charge is 0.206 e. The van der Waals surface area contributed by atoms with Crippen molar-refractivity contribution in [3.8, 4) is 10.6 Å². The summed E-state index contributed by atoms with van der Waals surface area (Å²) in [5, 5.41) is 9.07. The second-order valence-electron chi connectivity index (χ2n) is 6.13. The van der Waals surface area contributed by atoms with Crippen LogP contribution in [0.4, 0.5) is 0 Å². The summed E-state index contributed by atoms with van der Waals surface area (Å²) in [6.45, 7) is 6.60. The number of nitrogens with zero attached hydrogens (tertiary/aromatic N) is 3. The Kier molecular flexibility index (Phi) is 5.62. The number of rotatable bonds is 5. The summed E-state index contributed by atoms with van der Waals surface area (Å²) in [4.78, 5) is 6.86. The van der Waals surface area contributed by atoms with Gasteiger partial charge in [0.25, 0.3) is 0 Å². The molecule has 0 aromatic carbocycles. The number of thiazole rings is 1. The van der Waals surface area contributed by atoms with Gasteiger partial charge in [0.1, 0.15) is 0 Å². The molecule has 23 heavy (non-hydrogen) atoms. The molecule has 122 valence electrons. The molecule has 0 amide bonds. The van der Waals surface area contributed by atoms with Gasteiger partial charge >= 0.3 is 0 Å². The van der Waals surface area contributed by atoms with Gasteiger partial charge in [-0.05, 0) is 37.1 Å². The maximum Gasteiger partial charge on any atom is 0.206 e. The Morgan fingerprint density at radius 3 is 2.87 bits per heavy atom. The minimum Gasteiger partial charge on any atom is -0.253 e. The summed E-state index contributed by atoms with van der Waals surface area (Å²) in [7, 11) is 0. The first kappa shape index (κ1) is 16.4. The Bertz CT molecular complexity index is 729. The molecule has 1 saturated carbocycles. The van der Waals surface area contributed by atoms with Crippen molar-refractivity contribution in [3.05, 3.63) is 39.8 Å². The van der Waals surface area contributed by atoms with Crippen LogP contribution < -0.4 is 4.80 Å². The van der Waals surface area contributed by atoms with Crippen molar-refractivity contribution in [2.45, 2.75) is 39.0 Å². The van der Waals surface area contributed by atoms with Crippen molar-refractivity contribution in [2.24, 2.45) is 16.0 Å². The second-order valence-corrected chi connectivity index (χ2v) is 7.91. The van der Waals surface area contributed by atoms with Crippen molar-refractivity contribution in [2.75, 3.05) is 6.54 Å². The maximum atomic E-state index is 4.81. The van der Waals surface area contributed by atoms with Crippen molar-refractivity contribution in [1.82, 2.24) is 4.68 Å². The quantitative estimate of drug-likeness (QED) is 0.529. The van der Waals surface area contributed by atoms with Crippen LogP contribution in [0.25, 0.3) is 10.6 Å². The summed E-state index contributed by atoms with van der Waals surface area (Å²) in [6.07, 6.45) is 8.70. The van der Waals surface area contributed by atoms with Gasteiger partial charge in [0, 0.05) is 11.6 Å². The molecule has 2 aromatic heterocycles. The summed E-state index contributed by atoms with van der Waals surface area (Å²) in [5.41, 5.74) is 2.21. The lowest BCUT2D eigenvalue weighted by atomic mass is 9.90. The standard InChI is InChI=1S/C18H23N3S2/c1-14(2)11-19-18-21(20-12-15-7-4-3-5-8-15)16(13-23-18)17-9-6-10-22-17/h6,9-10,12-13,15H,1,3-5,7-8,11H2,2H3. The fraction of sp³-hybridized carbons (Fsp3) is 0.444. The highest BCUT2D eigenvalue weighted by Crippen LogP contribution is 2.26. The molecule has 0 unspecified atom stereocenters. The zero-order chi connectivity index (χ0) is 16.1. The zero-order valence-corrected chi connectivity index (χ0v) is 15.2. The van der Waals surface area contributed by atoms with E-state index in [1.165, 1.54) is 37.0 Å². The molecule has 0 bridgehead atoms. The molecule has 0 atom stereocenters. The minimum atomic E-state index is 0.612. The number of hydrogen-bond acceptors (Lipinski definition) is 4. The van der Waals surface area contributed by atoms with Crippen LogP contribution in [0.15, 0.2) is 45.1 Å². The van der Waals surface area contributed by atoms with Crippen molar-refractivity contribution in [3.63, 3.8) is 0 Å². The first-order chi connectivity index (χ1) is 11.2. The topological polar surface area (TPSA) is 29.6 Å². The molecular formula is C18H23N3S2. The SMILES string of the molecule is C=C(C)CN=c1scc(-c2cccs2)n1N=CC1CCCCC1. The number of hydrogen-bond donors (Lipinski definition) is 0. The summed E-state index contributed by atoms with van der Waals surface area (Å²) < 4.78 is 2.01. The van der Waals surface area contributed by atoms with E-state index in [1.54, 1.807) is 22.7 Å². The minimum absolute atomic E-state index is 0.612. The zero-order valence-electron chi connectivity index (χ0n) is 13.6. The van der Waals surface area contributed by atoms with Crippen molar-refractivity contribution in [1.29, 1.82) is 0 Å². The summed E-state index contributed by atoms with van der Waals surface area (Å²) in [6, 6.07) is 4.22. The van der Waals surface area contributed by atoms with E-state index >= 15 is 0 Å². The van der Waals surface area contributed by atoms with E-state index in [2.05, 4.69) is 40.7 Å². The maximum absolute atomic E-state index is 4.81. The van der Waals surface area contributed by atoms with Crippen LogP contribution in [0.5, 0.6) is 0 Å². The third-order valence-electron chi connectivity index (χ3n) is 3.99. The molecular weight excluding hydrogens is 322 g/mol. The van der Waals surface area contributed by atoms with Crippen molar-refractivity contribution >= 4 is 28.9 Å². The molecule has 5 heteroatoms. The Morgan fingerprint density at radius 2 is 2.17 bits per heavy atom. The fourth-order valence-corrected chi connectivity index (χ4v) is 4.39. The van der Waals surface area contributed by atoms with Gasteiger partial charge in [0.15, 0.2) is 0 Å². The number of thiophene rings is 1. The van der Waals surface area contributed by atoms with Crippen LogP contribution in [-0.2, 0) is 0 Å². The predicted octanol–water partition coefficient (Wildman–Crippen LogP) is 5.17. The highest BCUT2D eigenvalue weighted by Gasteiger charge is 2.12. The summed E-state index contributed by atoms with van der Waals surface area (Å²) in [5.74, 6) is 0.612. The van der Waals surface area contributed by atoms with Crippen LogP contribution in [0, 0.1) is 5.92 Å². The first-order valence-electron chi connectivity index (χ1n) is 8.18. The molecule has 3 rings (SSSR count). The molecule has 0 radical (unpaired) electrons. The van der Waals surface area contributed by atoms with E-state index in [9.17, 15) is 0 Å². The largest absolute Gasteiger partial charge is 0.253 e. The summed E-state index contributed by atoms with van der Waals surface area (Å²) >= 11 is 3.39. The molecule has 1 fully saturated rings. The van der Waals surface area contributed by atoms with E-state index in [1.807, 2.05) is 11.6 Å². The molecule has 0 aliphatic heterocycles. The van der Waals surface area contributed by atoms with Gasteiger partial charge in [-0.3, -0.25) is 4.99 Å². The molecule has 3 nitrogen and oxygen atoms in total. The molecule has 1 aliphatic carbocycles. The average Bonchev–Trinajstić information content (AvgIpc) is 3.21. The van der Waals surface area contributed by atoms with Crippen LogP contribution in [0.2, 0.25) is 0 Å². The first-order valence-corrected chi connectivity index (χ1v) is 9.94. The van der Waals surface area contributed by atoms with Crippen LogP contribution in [-0.4, -0.2) is 17.4 Å². The van der Waals surface area contributed by atoms with Crippen LogP contribution >= 0.6 is 22.7 Å². The van der Waals surface area contributed by atoms with Crippen molar-refractivity contribution < 1.29 is 0 Å². The van der Waals surface area contributed by atoms with Gasteiger partial charge in [0.2, 0.25) is 4.80 Å². The molecule has 1 aliphatic rings. The van der Waals surface area contributed by atoms with E-state index in [-0.39, 0.29) is 0 Å². The van der Waals surface area contributed by atoms with E-state index in [0.717, 1.165) is 16.1 Å². The Hall–Kier alpha value is -1.46. The molecule has 0 N–H and O–H groups in total. The Morgan fingerprint density at radius 1 is 1.35 bits per heavy atom. The highest BCUT2D eigenvalue weighted by atomic mass is 32.1. The third kappa shape index (κ3) is 4.30. The van der Waals surface area contributed by atoms with Gasteiger partial charge in [-0.15, -0.1) is 22.7 Å². The lowest BCUT2D eigenvalue weighted by molar-refractivity contribution is 0.443. The van der Waals surface area contributed by atoms with E-state index in [0.29, 0.717) is 12.5 Å². The predicted molar refractivity (Wildman–Crippen MR) is 101 cm³/mol. The van der Waals surface area contributed by atoms with Gasteiger partial charge < -0.3 is 0 Å². The number of aromatic nitrogens is 1. The lowest BCUT2D eigenvalue weighted by Gasteiger charge is -2.16. The highest BCUT2D eigenvalue weighted by molar-refractivity contribution is 7.14. The molecule has 2 heterocycles. The van der Waals surface area contributed by atoms with Gasteiger partial charge in [0.05, 0.1) is 17.1 Å². The van der Waals surface area contributed by atoms with E-state index < -0.39 is 0 Å². The second kappa shape index (κ2) is 7.88. The molecule has 0 spiro atoms. The molecule has 0 saturated heterocycles. The lowest BCUT2D eigenvalue weighted by Crippen LogP contribution is -2.15. The monoisotopic (exact) mass is 345 g/mol. The third-order valence-corrected chi connectivity index (χ3v) is 5.73. The Balaban J connectivity index is 1.93. The van der Waals surface area contributed by atoms with Crippen LogP contribution in [0.3, 0.4) is 0 Å². The molecule has 2 aromatic rings. The van der Waals surface area contributed by atoms with Crippen LogP contribution in [0.1, 0.15) is 39.0 Å². The normalized spacial score (nSPS) is 17.2. The van der Waals surface area contributed by atoms with Gasteiger partial charge in [-0.25, -0.2) is 4.68 Å². The van der Waals surface area contributed by atoms with Gasteiger partial charge in [-0.1, -0.05) is 37.5 Å². The van der Waals surface area contributed by atoms with Gasteiger partial charge in [-0.2, -0.15) is 5.10 Å².